The van der Waals surface area contributed by atoms with Crippen LogP contribution in [0.1, 0.15) is 19.3 Å². The van der Waals surface area contributed by atoms with Gasteiger partial charge in [-0.2, -0.15) is 26.3 Å². The van der Waals surface area contributed by atoms with Crippen LogP contribution in [0.3, 0.4) is 0 Å². The minimum absolute atomic E-state index is 0.414. The summed E-state index contributed by atoms with van der Waals surface area (Å²) in [6.07, 6.45) is -11.1. The monoisotopic (exact) mass is 314 g/mol. The van der Waals surface area contributed by atoms with E-state index in [0.29, 0.717) is 12.0 Å². The zero-order chi connectivity index (χ0) is 14.7. The predicted molar refractivity (Wildman–Crippen MR) is 53.5 cm³/mol. The first-order valence-electron chi connectivity index (χ1n) is 5.30. The lowest BCUT2D eigenvalue weighted by Crippen LogP contribution is -2.39. The first kappa shape index (κ1) is 16.9. The highest BCUT2D eigenvalue weighted by Gasteiger charge is 2.52. The lowest BCUT2D eigenvalue weighted by Gasteiger charge is -2.35. The fraction of sp³-hybridized carbons (Fsp3) is 1.00. The van der Waals surface area contributed by atoms with Gasteiger partial charge >= 0.3 is 12.4 Å². The molecule has 0 N–H and O–H groups in total. The van der Waals surface area contributed by atoms with Gasteiger partial charge in [0, 0.05) is 17.3 Å². The first-order valence-corrected chi connectivity index (χ1v) is 6.11. The van der Waals surface area contributed by atoms with E-state index in [9.17, 15) is 26.3 Å². The minimum Gasteiger partial charge on any atom is -0.209 e. The van der Waals surface area contributed by atoms with Crippen LogP contribution in [-0.2, 0) is 14.3 Å². The molecule has 1 fully saturated rings. The molecule has 19 heavy (non-hydrogen) atoms. The summed E-state index contributed by atoms with van der Waals surface area (Å²) in [5.41, 5.74) is 0. The molecule has 0 aromatic heterocycles. The molecule has 1 aliphatic rings. The van der Waals surface area contributed by atoms with Crippen molar-refractivity contribution < 1.29 is 40.6 Å². The minimum atomic E-state index is -4.65. The van der Waals surface area contributed by atoms with Crippen molar-refractivity contribution in [1.29, 1.82) is 0 Å². The Kier molecular flexibility index (Phi) is 5.78. The van der Waals surface area contributed by atoms with Gasteiger partial charge in [0.1, 0.15) is 0 Å². The van der Waals surface area contributed by atoms with E-state index in [4.69, 9.17) is 0 Å². The number of halogens is 6. The molecule has 0 aromatic carbocycles. The molecular weight excluding hydrogens is 302 g/mol. The fourth-order valence-electron chi connectivity index (χ4n) is 1.98. The van der Waals surface area contributed by atoms with E-state index < -0.39 is 48.7 Å². The molecule has 1 aliphatic carbocycles. The van der Waals surface area contributed by atoms with Crippen LogP contribution in [0.5, 0.6) is 0 Å². The quantitative estimate of drug-likeness (QED) is 0.257. The Morgan fingerprint density at radius 2 is 1.37 bits per heavy atom. The average Bonchev–Trinajstić information content (AvgIpc) is 2.27. The Hall–Kier alpha value is -0.190. The molecular formula is C9H12F6O3S. The summed E-state index contributed by atoms with van der Waals surface area (Å²) in [7, 11) is 1.10. The van der Waals surface area contributed by atoms with Crippen molar-refractivity contribution in [3.8, 4) is 0 Å². The van der Waals surface area contributed by atoms with Gasteiger partial charge in [-0.25, -0.2) is 4.89 Å². The van der Waals surface area contributed by atoms with Crippen LogP contribution in [0.25, 0.3) is 0 Å². The van der Waals surface area contributed by atoms with E-state index in [1.165, 1.54) is 0 Å². The number of hydrogen-bond acceptors (Lipinski definition) is 4. The molecule has 0 radical (unpaired) electrons. The van der Waals surface area contributed by atoms with Crippen molar-refractivity contribution in [3.05, 3.63) is 0 Å². The van der Waals surface area contributed by atoms with E-state index in [1.807, 2.05) is 0 Å². The first-order chi connectivity index (χ1) is 8.64. The molecule has 3 nitrogen and oxygen atoms in total. The summed E-state index contributed by atoms with van der Waals surface area (Å²) in [6.45, 7) is 0. The average molecular weight is 314 g/mol. The van der Waals surface area contributed by atoms with Gasteiger partial charge in [0.05, 0.1) is 18.9 Å². The summed E-state index contributed by atoms with van der Waals surface area (Å²) >= 11 is 0.414. The number of hydrogen-bond donors (Lipinski definition) is 0. The standard InChI is InChI=1S/C9H12F6O3S/c1-16-17-18-19-7-3-5(8(10,11)12)2-6(4-7)9(13,14)15/h5-7H,2-4H2,1H3. The van der Waals surface area contributed by atoms with Gasteiger partial charge in [-0.05, 0) is 19.3 Å². The van der Waals surface area contributed by atoms with Crippen molar-refractivity contribution >= 4 is 12.0 Å². The van der Waals surface area contributed by atoms with E-state index in [2.05, 4.69) is 14.3 Å². The molecule has 0 bridgehead atoms. The van der Waals surface area contributed by atoms with Gasteiger partial charge < -0.3 is 0 Å². The van der Waals surface area contributed by atoms with Gasteiger partial charge in [0.25, 0.3) is 0 Å². The summed E-state index contributed by atoms with van der Waals surface area (Å²) in [6, 6.07) is 0. The normalized spacial score (nSPS) is 29.5. The fourth-order valence-corrected chi connectivity index (χ4v) is 2.80. The molecule has 0 spiro atoms. The van der Waals surface area contributed by atoms with Crippen molar-refractivity contribution in [3.63, 3.8) is 0 Å². The Morgan fingerprint density at radius 3 is 1.74 bits per heavy atom. The van der Waals surface area contributed by atoms with Crippen molar-refractivity contribution in [2.75, 3.05) is 7.11 Å². The largest absolute Gasteiger partial charge is 0.391 e. The molecule has 1 rings (SSSR count). The highest BCUT2D eigenvalue weighted by Crippen LogP contribution is 2.48. The maximum atomic E-state index is 12.6. The molecule has 0 aromatic rings. The maximum absolute atomic E-state index is 12.6. The Bertz CT molecular complexity index is 260. The topological polar surface area (TPSA) is 27.7 Å². The number of alkyl halides is 6. The van der Waals surface area contributed by atoms with Crippen molar-refractivity contribution in [2.45, 2.75) is 36.9 Å². The van der Waals surface area contributed by atoms with Crippen LogP contribution in [0.2, 0.25) is 0 Å². The van der Waals surface area contributed by atoms with Crippen LogP contribution in [0.15, 0.2) is 0 Å². The molecule has 10 heteroatoms. The zero-order valence-corrected chi connectivity index (χ0v) is 10.6. The lowest BCUT2D eigenvalue weighted by atomic mass is 9.80. The molecule has 0 amide bonds. The van der Waals surface area contributed by atoms with Crippen molar-refractivity contribution in [1.82, 2.24) is 0 Å². The third kappa shape index (κ3) is 5.36. The molecule has 2 atom stereocenters. The second kappa shape index (κ2) is 6.51. The van der Waals surface area contributed by atoms with Crippen LogP contribution in [0, 0.1) is 11.8 Å². The van der Waals surface area contributed by atoms with Gasteiger partial charge in [-0.1, -0.05) is 5.04 Å². The second-order valence-corrected chi connectivity index (χ2v) is 5.20. The SMILES string of the molecule is COOOSC1CC(C(F)(F)F)CC(C(F)(F)F)C1. The van der Waals surface area contributed by atoms with Crippen LogP contribution >= 0.6 is 12.0 Å². The van der Waals surface area contributed by atoms with E-state index in [0.717, 1.165) is 7.11 Å². The second-order valence-electron chi connectivity index (χ2n) is 4.21. The van der Waals surface area contributed by atoms with Gasteiger partial charge in [0.2, 0.25) is 0 Å². The van der Waals surface area contributed by atoms with Gasteiger partial charge in [-0.3, -0.25) is 0 Å². The molecule has 0 heterocycles. The molecule has 0 aliphatic heterocycles. The van der Waals surface area contributed by atoms with E-state index in [1.54, 1.807) is 0 Å². The van der Waals surface area contributed by atoms with Crippen LogP contribution in [0.4, 0.5) is 26.3 Å². The van der Waals surface area contributed by atoms with Gasteiger partial charge in [0.15, 0.2) is 0 Å². The maximum Gasteiger partial charge on any atom is 0.391 e. The zero-order valence-electron chi connectivity index (χ0n) is 9.75. The summed E-state index contributed by atoms with van der Waals surface area (Å²) < 4.78 is 79.9. The Morgan fingerprint density at radius 1 is 0.895 bits per heavy atom. The third-order valence-corrected chi connectivity index (χ3v) is 3.65. The summed E-state index contributed by atoms with van der Waals surface area (Å²) in [5.74, 6) is -3.98. The molecule has 1 saturated carbocycles. The molecule has 0 saturated heterocycles. The highest BCUT2D eigenvalue weighted by atomic mass is 32.2. The summed E-state index contributed by atoms with van der Waals surface area (Å²) in [4.78, 5) is 4.03. The Balaban J connectivity index is 2.67. The van der Waals surface area contributed by atoms with Crippen molar-refractivity contribution in [2.24, 2.45) is 11.8 Å². The third-order valence-electron chi connectivity index (χ3n) is 2.86. The molecule has 114 valence electrons. The number of rotatable bonds is 4. The predicted octanol–water partition coefficient (Wildman–Crippen LogP) is 4.05. The smallest absolute Gasteiger partial charge is 0.209 e. The Labute approximate surface area is 109 Å². The van der Waals surface area contributed by atoms with Crippen LogP contribution in [-0.4, -0.2) is 24.7 Å². The highest BCUT2D eigenvalue weighted by molar-refractivity contribution is 7.95. The van der Waals surface area contributed by atoms with E-state index in [-0.39, 0.29) is 0 Å². The lowest BCUT2D eigenvalue weighted by molar-refractivity contribution is -0.447. The van der Waals surface area contributed by atoms with E-state index >= 15 is 0 Å². The summed E-state index contributed by atoms with van der Waals surface area (Å²) in [5, 5.41) is 3.02. The van der Waals surface area contributed by atoms with Gasteiger partial charge in [-0.15, -0.1) is 4.33 Å². The molecule has 2 unspecified atom stereocenters. The van der Waals surface area contributed by atoms with Crippen LogP contribution < -0.4 is 0 Å².